The Bertz CT molecular complexity index is 993. The summed E-state index contributed by atoms with van der Waals surface area (Å²) in [6.45, 7) is 5.19. The summed E-state index contributed by atoms with van der Waals surface area (Å²) in [5, 5.41) is 1.36. The highest BCUT2D eigenvalue weighted by atomic mass is 16.5. The molecule has 2 aromatic carbocycles. The summed E-state index contributed by atoms with van der Waals surface area (Å²) in [5.74, 6) is 2.46. The molecule has 29 heavy (non-hydrogen) atoms. The zero-order valence-corrected chi connectivity index (χ0v) is 17.2. The number of nitrogens with one attached hydrogen (secondary N) is 1. The predicted molar refractivity (Wildman–Crippen MR) is 123 cm³/mol. The van der Waals surface area contributed by atoms with Gasteiger partial charge in [-0.3, -0.25) is 0 Å². The summed E-state index contributed by atoms with van der Waals surface area (Å²) in [6.07, 6.45) is 9.19. The van der Waals surface area contributed by atoms with E-state index in [1.165, 1.54) is 78.2 Å². The fourth-order valence-electron chi connectivity index (χ4n) is 5.52. The monoisotopic (exact) mass is 389 g/mol. The Balaban J connectivity index is 0.00000205. The molecule has 154 valence electrons. The van der Waals surface area contributed by atoms with Gasteiger partial charge in [0.25, 0.3) is 0 Å². The molecule has 0 spiro atoms. The van der Waals surface area contributed by atoms with Crippen molar-refractivity contribution in [1.82, 2.24) is 4.98 Å². The van der Waals surface area contributed by atoms with Crippen molar-refractivity contribution >= 4 is 10.9 Å². The molecule has 2 heteroatoms. The van der Waals surface area contributed by atoms with E-state index in [1.54, 1.807) is 5.56 Å². The molecular weight excluding hydrogens is 354 g/mol. The first-order valence-electron chi connectivity index (χ1n) is 11.1. The summed E-state index contributed by atoms with van der Waals surface area (Å²) >= 11 is 0. The SMILES string of the molecule is C.CC[C@H]1CCc2c1[nH]c1ccc(OCc3ccc(C4CCCC4)c(C)c3)cc21. The molecular formula is C27H35NO. The Morgan fingerprint density at radius 2 is 1.86 bits per heavy atom. The van der Waals surface area contributed by atoms with Crippen LogP contribution in [0.1, 0.15) is 92.7 Å². The van der Waals surface area contributed by atoms with Crippen LogP contribution in [-0.2, 0) is 13.0 Å². The number of benzene rings is 2. The fourth-order valence-corrected chi connectivity index (χ4v) is 5.52. The lowest BCUT2D eigenvalue weighted by molar-refractivity contribution is 0.306. The highest BCUT2D eigenvalue weighted by Gasteiger charge is 2.25. The second-order valence-corrected chi connectivity index (χ2v) is 8.83. The van der Waals surface area contributed by atoms with E-state index in [9.17, 15) is 0 Å². The summed E-state index contributed by atoms with van der Waals surface area (Å²) in [5.41, 5.74) is 8.49. The summed E-state index contributed by atoms with van der Waals surface area (Å²) < 4.78 is 6.19. The molecule has 0 aliphatic heterocycles. The molecule has 1 N–H and O–H groups in total. The van der Waals surface area contributed by atoms with Crippen LogP contribution in [0.15, 0.2) is 36.4 Å². The van der Waals surface area contributed by atoms with Gasteiger partial charge in [-0.25, -0.2) is 0 Å². The Hall–Kier alpha value is -2.22. The van der Waals surface area contributed by atoms with Crippen molar-refractivity contribution in [3.8, 4) is 5.75 Å². The molecule has 2 aliphatic carbocycles. The zero-order chi connectivity index (χ0) is 19.1. The number of rotatable bonds is 5. The molecule has 2 nitrogen and oxygen atoms in total. The molecule has 2 aliphatic rings. The standard InChI is InChI=1S/C26H31NO.CH4/c1-3-19-9-12-23-24-15-21(10-13-25(24)27-26(19)23)28-16-18-8-11-22(17(2)14-18)20-6-4-5-7-20;/h8,10-11,13-15,19-20,27H,3-7,9,12,16H2,1-2H3;1H4/t19-;/m0./s1. The number of aryl methyl sites for hydroxylation is 2. The largest absolute Gasteiger partial charge is 0.489 e. The molecule has 0 saturated heterocycles. The molecule has 3 aromatic rings. The van der Waals surface area contributed by atoms with Crippen LogP contribution < -0.4 is 4.74 Å². The van der Waals surface area contributed by atoms with Crippen molar-refractivity contribution in [2.24, 2.45) is 0 Å². The van der Waals surface area contributed by atoms with Gasteiger partial charge in [0.1, 0.15) is 12.4 Å². The van der Waals surface area contributed by atoms with Crippen LogP contribution in [0.4, 0.5) is 0 Å². The van der Waals surface area contributed by atoms with E-state index >= 15 is 0 Å². The van der Waals surface area contributed by atoms with Gasteiger partial charge in [0.2, 0.25) is 0 Å². The van der Waals surface area contributed by atoms with Crippen LogP contribution in [0, 0.1) is 6.92 Å². The molecule has 1 fully saturated rings. The normalized spacial score (nSPS) is 18.8. The Labute approximate surface area is 175 Å². The molecule has 5 rings (SSSR count). The van der Waals surface area contributed by atoms with Crippen molar-refractivity contribution in [3.63, 3.8) is 0 Å². The molecule has 0 radical (unpaired) electrons. The highest BCUT2D eigenvalue weighted by Crippen LogP contribution is 2.40. The van der Waals surface area contributed by atoms with E-state index in [1.807, 2.05) is 0 Å². The van der Waals surface area contributed by atoms with Gasteiger partial charge in [0.15, 0.2) is 0 Å². The third-order valence-electron chi connectivity index (χ3n) is 7.09. The minimum Gasteiger partial charge on any atom is -0.489 e. The second kappa shape index (κ2) is 8.26. The summed E-state index contributed by atoms with van der Waals surface area (Å²) in [6, 6.07) is 13.5. The van der Waals surface area contributed by atoms with Crippen LogP contribution in [0.3, 0.4) is 0 Å². The van der Waals surface area contributed by atoms with Crippen LogP contribution >= 0.6 is 0 Å². The van der Waals surface area contributed by atoms with Crippen LogP contribution in [0.25, 0.3) is 10.9 Å². The third-order valence-corrected chi connectivity index (χ3v) is 7.09. The van der Waals surface area contributed by atoms with Gasteiger partial charge in [0, 0.05) is 16.6 Å². The third kappa shape index (κ3) is 3.70. The van der Waals surface area contributed by atoms with Gasteiger partial charge in [-0.15, -0.1) is 0 Å². The molecule has 0 bridgehead atoms. The van der Waals surface area contributed by atoms with Crippen molar-refractivity contribution in [1.29, 1.82) is 0 Å². The Morgan fingerprint density at radius 3 is 2.62 bits per heavy atom. The van der Waals surface area contributed by atoms with E-state index in [2.05, 4.69) is 55.2 Å². The number of H-pyrrole nitrogens is 1. The quantitative estimate of drug-likeness (QED) is 0.473. The first kappa shape index (κ1) is 20.1. The predicted octanol–water partition coefficient (Wildman–Crippen LogP) is 7.79. The zero-order valence-electron chi connectivity index (χ0n) is 17.2. The minimum absolute atomic E-state index is 0. The van der Waals surface area contributed by atoms with E-state index in [4.69, 9.17) is 4.74 Å². The van der Waals surface area contributed by atoms with Gasteiger partial charge >= 0.3 is 0 Å². The van der Waals surface area contributed by atoms with Crippen molar-refractivity contribution < 1.29 is 4.74 Å². The number of hydrogen-bond acceptors (Lipinski definition) is 1. The van der Waals surface area contributed by atoms with Crippen LogP contribution in [0.2, 0.25) is 0 Å². The topological polar surface area (TPSA) is 25.0 Å². The molecule has 1 heterocycles. The molecule has 0 unspecified atom stereocenters. The number of hydrogen-bond donors (Lipinski definition) is 1. The van der Waals surface area contributed by atoms with Crippen LogP contribution in [0.5, 0.6) is 5.75 Å². The number of aromatic amines is 1. The first-order valence-corrected chi connectivity index (χ1v) is 11.1. The maximum atomic E-state index is 6.19. The minimum atomic E-state index is 0. The van der Waals surface area contributed by atoms with Crippen molar-refractivity contribution in [3.05, 3.63) is 64.3 Å². The number of fused-ring (bicyclic) bond motifs is 3. The van der Waals surface area contributed by atoms with E-state index in [0.717, 1.165) is 11.7 Å². The first-order chi connectivity index (χ1) is 13.7. The van der Waals surface area contributed by atoms with E-state index in [-0.39, 0.29) is 7.43 Å². The average molecular weight is 390 g/mol. The second-order valence-electron chi connectivity index (χ2n) is 8.83. The van der Waals surface area contributed by atoms with Crippen molar-refractivity contribution in [2.45, 2.75) is 84.7 Å². The average Bonchev–Trinajstić information content (AvgIpc) is 3.43. The van der Waals surface area contributed by atoms with Gasteiger partial charge in [0.05, 0.1) is 0 Å². The Morgan fingerprint density at radius 1 is 1.03 bits per heavy atom. The van der Waals surface area contributed by atoms with Crippen molar-refractivity contribution in [2.75, 3.05) is 0 Å². The fraction of sp³-hybridized carbons (Fsp3) is 0.481. The lowest BCUT2D eigenvalue weighted by Crippen LogP contribution is -2.00. The van der Waals surface area contributed by atoms with E-state index < -0.39 is 0 Å². The summed E-state index contributed by atoms with van der Waals surface area (Å²) in [7, 11) is 0. The van der Waals surface area contributed by atoms with Gasteiger partial charge in [-0.1, -0.05) is 45.4 Å². The maximum Gasteiger partial charge on any atom is 0.120 e. The molecule has 1 atom stereocenters. The Kier molecular flexibility index (Phi) is 5.72. The van der Waals surface area contributed by atoms with Gasteiger partial charge in [-0.2, -0.15) is 0 Å². The smallest absolute Gasteiger partial charge is 0.120 e. The molecule has 0 amide bonds. The van der Waals surface area contributed by atoms with E-state index in [0.29, 0.717) is 12.5 Å². The lowest BCUT2D eigenvalue weighted by Gasteiger charge is -2.15. The molecule has 1 aromatic heterocycles. The lowest BCUT2D eigenvalue weighted by atomic mass is 9.92. The number of ether oxygens (including phenoxy) is 1. The van der Waals surface area contributed by atoms with Gasteiger partial charge < -0.3 is 9.72 Å². The summed E-state index contributed by atoms with van der Waals surface area (Å²) in [4.78, 5) is 3.66. The van der Waals surface area contributed by atoms with Gasteiger partial charge in [-0.05, 0) is 91.3 Å². The molecule has 1 saturated carbocycles. The number of aromatic nitrogens is 1. The maximum absolute atomic E-state index is 6.19. The highest BCUT2D eigenvalue weighted by molar-refractivity contribution is 5.86. The van der Waals surface area contributed by atoms with Crippen LogP contribution in [-0.4, -0.2) is 4.98 Å².